The Labute approximate surface area is 216 Å². The smallest absolute Gasteiger partial charge is 0.197 e. The maximum Gasteiger partial charge on any atom is 0.197 e. The quantitative estimate of drug-likeness (QED) is 0.106. The van der Waals surface area contributed by atoms with E-state index in [1.165, 1.54) is 0 Å². The van der Waals surface area contributed by atoms with Crippen molar-refractivity contribution in [3.05, 3.63) is 60.4 Å². The van der Waals surface area contributed by atoms with Crippen LogP contribution in [0.2, 0.25) is 0 Å². The fourth-order valence-electron chi connectivity index (χ4n) is 3.69. The molecule has 0 saturated heterocycles. The molecule has 7 heteroatoms. The molecule has 32 heavy (non-hydrogen) atoms. The van der Waals surface area contributed by atoms with Gasteiger partial charge in [0, 0.05) is 17.4 Å². The van der Waals surface area contributed by atoms with E-state index in [0.29, 0.717) is 37.4 Å². The Balaban J connectivity index is 1.89. The largest absolute Gasteiger partial charge is 0.485 e. The van der Waals surface area contributed by atoms with Crippen molar-refractivity contribution in [2.75, 3.05) is 26.2 Å². The van der Waals surface area contributed by atoms with Crippen molar-refractivity contribution < 1.29 is 23.8 Å². The molecule has 0 radical (unpaired) electrons. The molecule has 0 bridgehead atoms. The first-order chi connectivity index (χ1) is 15.3. The van der Waals surface area contributed by atoms with Gasteiger partial charge in [-0.3, -0.25) is 4.79 Å². The summed E-state index contributed by atoms with van der Waals surface area (Å²) < 4.78 is 13.8. The van der Waals surface area contributed by atoms with Crippen LogP contribution in [0, 0.1) is 7.14 Å². The van der Waals surface area contributed by atoms with Gasteiger partial charge in [0.2, 0.25) is 0 Å². The van der Waals surface area contributed by atoms with Gasteiger partial charge in [-0.05, 0) is 83.6 Å². The van der Waals surface area contributed by atoms with Crippen LogP contribution in [0.5, 0.6) is 5.75 Å². The van der Waals surface area contributed by atoms with Crippen LogP contribution in [0.1, 0.15) is 55.3 Å². The number of carbonyl (C=O) groups excluding carboxylic acids is 1. The highest BCUT2D eigenvalue weighted by Crippen LogP contribution is 2.33. The number of ketones is 1. The highest BCUT2D eigenvalue weighted by atomic mass is 127. The first kappa shape index (κ1) is 25.5. The van der Waals surface area contributed by atoms with Crippen molar-refractivity contribution in [1.29, 1.82) is 0 Å². The van der Waals surface area contributed by atoms with Crippen molar-refractivity contribution >= 4 is 61.9 Å². The lowest BCUT2D eigenvalue weighted by atomic mass is 9.98. The number of halogens is 2. The summed E-state index contributed by atoms with van der Waals surface area (Å²) in [5, 5.41) is 11.3. The van der Waals surface area contributed by atoms with Gasteiger partial charge in [-0.25, -0.2) is 5.21 Å². The molecule has 0 amide bonds. The topological polar surface area (TPSA) is 59.7 Å². The van der Waals surface area contributed by atoms with Gasteiger partial charge in [-0.2, -0.15) is 4.65 Å². The number of ether oxygens (including phenoxy) is 1. The van der Waals surface area contributed by atoms with E-state index in [1.54, 1.807) is 0 Å². The van der Waals surface area contributed by atoms with E-state index in [9.17, 15) is 10.0 Å². The van der Waals surface area contributed by atoms with Crippen LogP contribution in [0.4, 0.5) is 0 Å². The second-order valence-electron chi connectivity index (χ2n) is 7.90. The van der Waals surface area contributed by atoms with Gasteiger partial charge in [-0.15, -0.1) is 0 Å². The van der Waals surface area contributed by atoms with Crippen molar-refractivity contribution in [3.63, 3.8) is 0 Å². The third kappa shape index (κ3) is 5.66. The Morgan fingerprint density at radius 1 is 1.09 bits per heavy atom. The molecule has 0 unspecified atom stereocenters. The zero-order chi connectivity index (χ0) is 23.3. The molecule has 0 spiro atoms. The maximum absolute atomic E-state index is 13.6. The van der Waals surface area contributed by atoms with Crippen LogP contribution in [0.15, 0.2) is 40.8 Å². The third-order valence-electron chi connectivity index (χ3n) is 5.84. The third-order valence-corrected chi connectivity index (χ3v) is 7.45. The van der Waals surface area contributed by atoms with E-state index < -0.39 is 0 Å². The zero-order valence-corrected chi connectivity index (χ0v) is 23.1. The normalized spacial score (nSPS) is 11.8. The summed E-state index contributed by atoms with van der Waals surface area (Å²) in [6.07, 6.45) is 2.76. The number of carbonyl (C=O) groups is 1. The van der Waals surface area contributed by atoms with E-state index in [-0.39, 0.29) is 10.4 Å². The lowest BCUT2D eigenvalue weighted by molar-refractivity contribution is -1.10. The number of hydrogen-bond acceptors (Lipinski definition) is 4. The molecule has 0 fully saturated rings. The number of nitrogens with zero attached hydrogens (tertiary/aromatic N) is 1. The molecule has 1 aromatic heterocycles. The number of para-hydroxylation sites is 1. The second-order valence-corrected chi connectivity index (χ2v) is 10.2. The summed E-state index contributed by atoms with van der Waals surface area (Å²) in [6, 6.07) is 11.5. The second kappa shape index (κ2) is 11.3. The number of likely N-dealkylation sites (N-methyl/N-ethyl adjacent to an activating group) is 1. The highest BCUT2D eigenvalue weighted by Gasteiger charge is 2.24. The van der Waals surface area contributed by atoms with Gasteiger partial charge in [0.15, 0.2) is 5.78 Å². The van der Waals surface area contributed by atoms with E-state index in [2.05, 4.69) is 52.1 Å². The van der Waals surface area contributed by atoms with E-state index in [1.807, 2.05) is 50.2 Å². The Hall–Kier alpha value is -1.17. The fourth-order valence-corrected chi connectivity index (χ4v) is 5.77. The van der Waals surface area contributed by atoms with Gasteiger partial charge in [-0.1, -0.05) is 31.5 Å². The Kier molecular flexibility index (Phi) is 8.99. The number of fused-ring (bicyclic) bond motifs is 1. The highest BCUT2D eigenvalue weighted by molar-refractivity contribution is 14.1. The molecule has 172 valence electrons. The molecule has 5 nitrogen and oxygen atoms in total. The molecule has 0 aliphatic rings. The summed E-state index contributed by atoms with van der Waals surface area (Å²) in [5.41, 5.74) is 2.05. The van der Waals surface area contributed by atoms with Crippen LogP contribution < -0.4 is 4.74 Å². The summed E-state index contributed by atoms with van der Waals surface area (Å²) in [4.78, 5) is 13.6. The van der Waals surface area contributed by atoms with E-state index in [4.69, 9.17) is 9.15 Å². The van der Waals surface area contributed by atoms with Crippen LogP contribution in [0.25, 0.3) is 11.0 Å². The average molecular weight is 662 g/mol. The van der Waals surface area contributed by atoms with Crippen molar-refractivity contribution in [2.24, 2.45) is 0 Å². The van der Waals surface area contributed by atoms with Gasteiger partial charge in [0.1, 0.15) is 43.3 Å². The van der Waals surface area contributed by atoms with Gasteiger partial charge >= 0.3 is 0 Å². The predicted octanol–water partition coefficient (Wildman–Crippen LogP) is 6.84. The molecular weight excluding hydrogens is 632 g/mol. The number of quaternary nitrogens is 1. The number of aryl methyl sites for hydroxylation is 1. The lowest BCUT2D eigenvalue weighted by Crippen LogP contribution is -2.47. The first-order valence-corrected chi connectivity index (χ1v) is 13.2. The van der Waals surface area contributed by atoms with Crippen LogP contribution in [0.3, 0.4) is 0 Å². The number of hydroxylamine groups is 3. The minimum Gasteiger partial charge on any atom is -0.485 e. The molecular formula is C25H30I2NO4+. The zero-order valence-electron chi connectivity index (χ0n) is 18.8. The fraction of sp³-hybridized carbons (Fsp3) is 0.400. The standard InChI is InChI=1S/C25H30I2NO4/c1-4-7-11-22-23(18-10-8-9-12-21(18)32-22)24(29)17-15-19(26)25(20(27)16-17)31-14-13-28(30,5-2)6-3/h8-10,12,15-16,30H,4-7,11,13-14H2,1-3H3/q+1. The molecule has 0 aliphatic carbocycles. The summed E-state index contributed by atoms with van der Waals surface area (Å²) in [5.74, 6) is 1.50. The summed E-state index contributed by atoms with van der Waals surface area (Å²) in [7, 11) is 0. The number of benzene rings is 2. The van der Waals surface area contributed by atoms with Crippen LogP contribution in [-0.2, 0) is 6.42 Å². The molecule has 0 saturated carbocycles. The first-order valence-electron chi connectivity index (χ1n) is 11.1. The van der Waals surface area contributed by atoms with Crippen molar-refractivity contribution in [3.8, 4) is 5.75 Å². The van der Waals surface area contributed by atoms with E-state index >= 15 is 0 Å². The van der Waals surface area contributed by atoms with Gasteiger partial charge < -0.3 is 9.15 Å². The monoisotopic (exact) mass is 662 g/mol. The minimum absolute atomic E-state index is 0.0160. The van der Waals surface area contributed by atoms with Crippen molar-refractivity contribution in [2.45, 2.75) is 40.0 Å². The van der Waals surface area contributed by atoms with E-state index in [0.717, 1.165) is 48.9 Å². The molecule has 3 aromatic rings. The number of furan rings is 1. The number of unbranched alkanes of at least 4 members (excludes halogenated alkanes) is 1. The summed E-state index contributed by atoms with van der Waals surface area (Å²) in [6.45, 7) is 8.26. The molecule has 1 heterocycles. The Morgan fingerprint density at radius 3 is 2.38 bits per heavy atom. The predicted molar refractivity (Wildman–Crippen MR) is 144 cm³/mol. The molecule has 0 aliphatic heterocycles. The molecule has 3 rings (SSSR count). The van der Waals surface area contributed by atoms with Gasteiger partial charge in [0.05, 0.1) is 12.7 Å². The molecule has 2 aromatic carbocycles. The van der Waals surface area contributed by atoms with Crippen LogP contribution in [-0.4, -0.2) is 41.9 Å². The number of rotatable bonds is 11. The molecule has 1 N–H and O–H groups in total. The average Bonchev–Trinajstić information content (AvgIpc) is 3.16. The Morgan fingerprint density at radius 2 is 1.75 bits per heavy atom. The lowest BCUT2D eigenvalue weighted by Gasteiger charge is -2.27. The SMILES string of the molecule is CCCCc1oc2ccccc2c1C(=O)c1cc(I)c(OCC[N+](O)(CC)CC)c(I)c1. The number of hydrogen-bond donors (Lipinski definition) is 1. The van der Waals surface area contributed by atoms with Crippen molar-refractivity contribution in [1.82, 2.24) is 0 Å². The maximum atomic E-state index is 13.6. The Bertz CT molecular complexity index is 1070. The minimum atomic E-state index is -0.0218. The van der Waals surface area contributed by atoms with Gasteiger partial charge in [0.25, 0.3) is 0 Å². The summed E-state index contributed by atoms with van der Waals surface area (Å²) >= 11 is 4.44. The van der Waals surface area contributed by atoms with Crippen LogP contribution >= 0.6 is 45.2 Å². The molecule has 0 atom stereocenters.